The molecule has 0 aromatic heterocycles. The van der Waals surface area contributed by atoms with E-state index in [1.807, 2.05) is 6.92 Å². The van der Waals surface area contributed by atoms with E-state index < -0.39 is 9.15 Å². The van der Waals surface area contributed by atoms with Crippen LogP contribution in [0.25, 0.3) is 0 Å². The normalized spacial score (nSPS) is 10.0. The third-order valence-corrected chi connectivity index (χ3v) is 2.72. The Labute approximate surface area is 73.7 Å². The van der Waals surface area contributed by atoms with Crippen molar-refractivity contribution in [2.45, 2.75) is 13.3 Å². The quantitative estimate of drug-likeness (QED) is 0.446. The topological polar surface area (TPSA) is 54.4 Å². The maximum Gasteiger partial charge on any atom is 0.334 e. The third-order valence-electron chi connectivity index (χ3n) is 0.269. The fraction of sp³-hybridized carbons (Fsp3) is 1.00. The smallest absolute Gasteiger partial charge is 0.276 e. The van der Waals surface area contributed by atoms with Gasteiger partial charge in [-0.25, -0.2) is 0 Å². The molecule has 0 aromatic rings. The lowest BCUT2D eigenvalue weighted by atomic mass is 10.6. The summed E-state index contributed by atoms with van der Waals surface area (Å²) in [5.74, 6) is 0.792. The van der Waals surface area contributed by atoms with Crippen LogP contribution in [0, 0.1) is 0 Å². The molecule has 3 nitrogen and oxygen atoms in total. The molecule has 0 unspecified atom stereocenters. The molecular formula is C3H8Cl2O3S2. The van der Waals surface area contributed by atoms with Crippen molar-refractivity contribution in [3.63, 3.8) is 0 Å². The molecule has 0 amide bonds. The van der Waals surface area contributed by atoms with Crippen LogP contribution in [0.5, 0.6) is 0 Å². The summed E-state index contributed by atoms with van der Waals surface area (Å²) in [5.41, 5.74) is 0. The van der Waals surface area contributed by atoms with E-state index in [1.165, 1.54) is 0 Å². The summed E-state index contributed by atoms with van der Waals surface area (Å²) >= 11 is 5.19. The van der Waals surface area contributed by atoms with E-state index >= 15 is 0 Å². The van der Waals surface area contributed by atoms with E-state index in [-0.39, 0.29) is 10.0 Å². The third kappa shape index (κ3) is 23.2. The molecule has 0 aliphatic heterocycles. The van der Waals surface area contributed by atoms with E-state index in [0.29, 0.717) is 0 Å². The lowest BCUT2D eigenvalue weighted by molar-refractivity contribution is 0.503. The Kier molecular flexibility index (Phi) is 10.7. The van der Waals surface area contributed by atoms with Gasteiger partial charge in [0.1, 0.15) is 10.0 Å². The van der Waals surface area contributed by atoms with E-state index in [2.05, 4.69) is 10.7 Å². The first-order valence-electron chi connectivity index (χ1n) is 2.31. The van der Waals surface area contributed by atoms with Gasteiger partial charge in [-0.1, -0.05) is 6.92 Å². The fourth-order valence-electron chi connectivity index (χ4n) is 0. The van der Waals surface area contributed by atoms with E-state index in [1.54, 1.807) is 0 Å². The van der Waals surface area contributed by atoms with Gasteiger partial charge in [0.25, 0.3) is 0 Å². The van der Waals surface area contributed by atoms with Gasteiger partial charge in [-0.2, -0.15) is 8.42 Å². The summed E-state index contributed by atoms with van der Waals surface area (Å²) in [7, 11) is 0.458. The van der Waals surface area contributed by atoms with Crippen LogP contribution in [-0.4, -0.2) is 18.9 Å². The van der Waals surface area contributed by atoms with Gasteiger partial charge in [-0.15, -0.1) is 11.6 Å². The second-order valence-corrected chi connectivity index (χ2v) is 5.31. The molecule has 0 spiro atoms. The highest BCUT2D eigenvalue weighted by atomic mass is 35.7. The number of alkyl halides is 1. The van der Waals surface area contributed by atoms with Gasteiger partial charge in [-0.3, -0.25) is 4.55 Å². The zero-order valence-corrected chi connectivity index (χ0v) is 8.40. The molecule has 0 rings (SSSR count). The number of hydrogen-bond acceptors (Lipinski definition) is 3. The maximum absolute atomic E-state index is 9.39. The molecule has 0 radical (unpaired) electrons. The predicted octanol–water partition coefficient (Wildman–Crippen LogP) is 2.31. The van der Waals surface area contributed by atoms with Crippen LogP contribution in [-0.2, 0) is 9.15 Å². The van der Waals surface area contributed by atoms with E-state index in [9.17, 15) is 8.42 Å². The predicted molar refractivity (Wildman–Crippen MR) is 46.0 cm³/mol. The Balaban J connectivity index is 0. The molecule has 0 aliphatic carbocycles. The SMILES string of the molecule is CCCCl.O=S(=O)(O)SCl. The van der Waals surface area contributed by atoms with Crippen LogP contribution < -0.4 is 0 Å². The highest BCUT2D eigenvalue weighted by Gasteiger charge is 1.97. The molecule has 0 atom stereocenters. The fourth-order valence-corrected chi connectivity index (χ4v) is 0. The minimum Gasteiger partial charge on any atom is -0.276 e. The van der Waals surface area contributed by atoms with Gasteiger partial charge in [0.15, 0.2) is 0 Å². The Morgan fingerprint density at radius 3 is 1.80 bits per heavy atom. The minimum absolute atomic E-state index is 0.118. The summed E-state index contributed by atoms with van der Waals surface area (Å²) in [6, 6.07) is 0. The molecule has 0 heterocycles. The van der Waals surface area contributed by atoms with Gasteiger partial charge in [0.05, 0.1) is 0 Å². The van der Waals surface area contributed by atoms with Crippen molar-refractivity contribution in [2.24, 2.45) is 0 Å². The largest absolute Gasteiger partial charge is 0.334 e. The van der Waals surface area contributed by atoms with Gasteiger partial charge >= 0.3 is 9.15 Å². The molecule has 7 heteroatoms. The number of halogens is 2. The first-order chi connectivity index (χ1) is 4.47. The summed E-state index contributed by atoms with van der Waals surface area (Å²) in [6.45, 7) is 2.05. The van der Waals surface area contributed by atoms with Crippen LogP contribution in [0.1, 0.15) is 13.3 Å². The van der Waals surface area contributed by atoms with Crippen molar-refractivity contribution in [3.05, 3.63) is 0 Å². The van der Waals surface area contributed by atoms with Crippen molar-refractivity contribution in [1.82, 2.24) is 0 Å². The average Bonchev–Trinajstić information content (AvgIpc) is 1.87. The summed E-state index contributed by atoms with van der Waals surface area (Å²) in [5, 5.41) is 0. The Morgan fingerprint density at radius 1 is 1.60 bits per heavy atom. The van der Waals surface area contributed by atoms with Crippen LogP contribution >= 0.6 is 32.3 Å². The summed E-state index contributed by atoms with van der Waals surface area (Å²) in [6.07, 6.45) is 1.08. The summed E-state index contributed by atoms with van der Waals surface area (Å²) < 4.78 is 26.4. The van der Waals surface area contributed by atoms with Crippen LogP contribution in [0.4, 0.5) is 0 Å². The zero-order valence-electron chi connectivity index (χ0n) is 5.25. The van der Waals surface area contributed by atoms with E-state index in [0.717, 1.165) is 12.3 Å². The Bertz CT molecular complexity index is 142. The average molecular weight is 227 g/mol. The summed E-state index contributed by atoms with van der Waals surface area (Å²) in [4.78, 5) is 0. The molecule has 0 saturated carbocycles. The van der Waals surface area contributed by atoms with Gasteiger partial charge in [0, 0.05) is 5.88 Å². The first kappa shape index (κ1) is 13.4. The minimum atomic E-state index is -3.98. The first-order valence-corrected chi connectivity index (χ1v) is 6.45. The van der Waals surface area contributed by atoms with Crippen LogP contribution in [0.2, 0.25) is 0 Å². The van der Waals surface area contributed by atoms with Crippen molar-refractivity contribution < 1.29 is 13.0 Å². The van der Waals surface area contributed by atoms with Crippen LogP contribution in [0.15, 0.2) is 0 Å². The number of rotatable bonds is 2. The second kappa shape index (κ2) is 7.94. The molecule has 0 saturated heterocycles. The standard InChI is InChI=1S/C3H7Cl.ClHO3S2/c1-2-3-4;1-5-6(2,3)4/h2-3H2,1H3;(H,2,3,4). The highest BCUT2D eigenvalue weighted by molar-refractivity contribution is 8.79. The second-order valence-electron chi connectivity index (χ2n) is 1.18. The lowest BCUT2D eigenvalue weighted by Crippen LogP contribution is -1.81. The van der Waals surface area contributed by atoms with Gasteiger partial charge in [-0.05, 0) is 17.1 Å². The molecular weight excluding hydrogens is 219 g/mol. The van der Waals surface area contributed by atoms with Crippen molar-refractivity contribution >= 4 is 41.4 Å². The highest BCUT2D eigenvalue weighted by Crippen LogP contribution is 2.12. The van der Waals surface area contributed by atoms with E-state index in [4.69, 9.17) is 16.2 Å². The monoisotopic (exact) mass is 226 g/mol. The van der Waals surface area contributed by atoms with Crippen molar-refractivity contribution in [2.75, 3.05) is 5.88 Å². The molecule has 1 N–H and O–H groups in total. The van der Waals surface area contributed by atoms with Crippen LogP contribution in [0.3, 0.4) is 0 Å². The zero-order chi connectivity index (χ0) is 8.62. The molecule has 0 aromatic carbocycles. The Morgan fingerprint density at radius 2 is 1.80 bits per heavy atom. The molecule has 10 heavy (non-hydrogen) atoms. The van der Waals surface area contributed by atoms with Gasteiger partial charge < -0.3 is 0 Å². The molecule has 0 aliphatic rings. The molecule has 64 valence electrons. The maximum atomic E-state index is 9.39. The lowest BCUT2D eigenvalue weighted by Gasteiger charge is -1.76. The van der Waals surface area contributed by atoms with Gasteiger partial charge in [0.2, 0.25) is 0 Å². The molecule has 0 fully saturated rings. The van der Waals surface area contributed by atoms with Crippen molar-refractivity contribution in [3.8, 4) is 0 Å². The van der Waals surface area contributed by atoms with Crippen molar-refractivity contribution in [1.29, 1.82) is 0 Å². The Hall–Kier alpha value is 0.840. The number of hydrogen-bond donors (Lipinski definition) is 1. The molecule has 0 bridgehead atoms.